The zero-order valence-corrected chi connectivity index (χ0v) is 12.1. The van der Waals surface area contributed by atoms with E-state index in [0.29, 0.717) is 17.0 Å². The number of fused-ring (bicyclic) bond motifs is 1. The summed E-state index contributed by atoms with van der Waals surface area (Å²) in [6, 6.07) is 15.2. The van der Waals surface area contributed by atoms with E-state index < -0.39 is 5.91 Å². The van der Waals surface area contributed by atoms with Gasteiger partial charge in [0.25, 0.3) is 5.91 Å². The summed E-state index contributed by atoms with van der Waals surface area (Å²) in [5, 5.41) is 0.822. The van der Waals surface area contributed by atoms with E-state index in [2.05, 4.69) is 9.97 Å². The Morgan fingerprint density at radius 2 is 1.91 bits per heavy atom. The van der Waals surface area contributed by atoms with Crippen molar-refractivity contribution in [2.24, 2.45) is 5.73 Å². The van der Waals surface area contributed by atoms with Crippen LogP contribution in [0.2, 0.25) is 0 Å². The van der Waals surface area contributed by atoms with Crippen molar-refractivity contribution in [1.29, 1.82) is 0 Å². The Morgan fingerprint density at radius 3 is 2.61 bits per heavy atom. The minimum absolute atomic E-state index is 0.158. The number of nitrogens with zero attached hydrogens (tertiary/aromatic N) is 1. The van der Waals surface area contributed by atoms with Crippen molar-refractivity contribution in [2.75, 3.05) is 0 Å². The van der Waals surface area contributed by atoms with E-state index in [4.69, 9.17) is 10.2 Å². The average molecular weight is 303 g/mol. The Kier molecular flexibility index (Phi) is 2.98. The molecule has 5 heteroatoms. The summed E-state index contributed by atoms with van der Waals surface area (Å²) in [6.07, 6.45) is 3.44. The molecule has 0 aliphatic heterocycles. The van der Waals surface area contributed by atoms with Crippen LogP contribution in [0.5, 0.6) is 0 Å². The van der Waals surface area contributed by atoms with Crippen LogP contribution in [0, 0.1) is 0 Å². The number of nitrogens with one attached hydrogen (secondary N) is 1. The Morgan fingerprint density at radius 1 is 1.09 bits per heavy atom. The number of carbonyl (C=O) groups excluding carboxylic acids is 1. The summed E-state index contributed by atoms with van der Waals surface area (Å²) >= 11 is 0. The highest BCUT2D eigenvalue weighted by atomic mass is 16.3. The molecule has 1 amide bonds. The second-order valence-corrected chi connectivity index (χ2v) is 5.15. The second kappa shape index (κ2) is 5.14. The van der Waals surface area contributed by atoms with Crippen LogP contribution < -0.4 is 5.73 Å². The first-order valence-corrected chi connectivity index (χ1v) is 7.16. The molecular formula is C18H13N3O2. The number of aromatic nitrogens is 2. The van der Waals surface area contributed by atoms with Gasteiger partial charge < -0.3 is 15.1 Å². The van der Waals surface area contributed by atoms with Crippen molar-refractivity contribution in [3.8, 4) is 22.5 Å². The zero-order chi connectivity index (χ0) is 15.8. The van der Waals surface area contributed by atoms with Gasteiger partial charge in [-0.1, -0.05) is 42.5 Å². The zero-order valence-electron chi connectivity index (χ0n) is 12.1. The molecule has 0 atom stereocenters. The SMILES string of the molecule is NC(=O)c1oc2cccc(-c3ncc[nH]3)c2c1-c1ccccc1. The van der Waals surface area contributed by atoms with Crippen LogP contribution in [-0.2, 0) is 0 Å². The number of hydrogen-bond donors (Lipinski definition) is 2. The van der Waals surface area contributed by atoms with Crippen LogP contribution >= 0.6 is 0 Å². The standard InChI is InChI=1S/C18H13N3O2/c19-17(22)16-14(11-5-2-1-3-6-11)15-12(18-20-9-10-21-18)7-4-8-13(15)23-16/h1-10H,(H2,19,22)(H,20,21). The number of primary amides is 1. The van der Waals surface area contributed by atoms with Crippen molar-refractivity contribution in [3.63, 3.8) is 0 Å². The number of hydrogen-bond acceptors (Lipinski definition) is 3. The fourth-order valence-electron chi connectivity index (χ4n) is 2.81. The number of furan rings is 1. The lowest BCUT2D eigenvalue weighted by molar-refractivity contribution is 0.0977. The van der Waals surface area contributed by atoms with E-state index in [1.807, 2.05) is 48.5 Å². The molecule has 0 aliphatic carbocycles. The summed E-state index contributed by atoms with van der Waals surface area (Å²) in [5.74, 6) is 0.278. The molecule has 0 saturated heterocycles. The van der Waals surface area contributed by atoms with Gasteiger partial charge in [0.05, 0.1) is 0 Å². The second-order valence-electron chi connectivity index (χ2n) is 5.15. The molecule has 0 fully saturated rings. The third kappa shape index (κ3) is 2.10. The molecule has 0 saturated carbocycles. The van der Waals surface area contributed by atoms with Gasteiger partial charge in [-0.25, -0.2) is 4.98 Å². The monoisotopic (exact) mass is 303 g/mol. The number of benzene rings is 2. The van der Waals surface area contributed by atoms with Crippen molar-refractivity contribution in [1.82, 2.24) is 9.97 Å². The maximum absolute atomic E-state index is 11.9. The molecule has 0 radical (unpaired) electrons. The quantitative estimate of drug-likeness (QED) is 0.606. The van der Waals surface area contributed by atoms with Gasteiger partial charge >= 0.3 is 0 Å². The molecule has 23 heavy (non-hydrogen) atoms. The van der Waals surface area contributed by atoms with E-state index in [1.165, 1.54) is 0 Å². The number of nitrogens with two attached hydrogens (primary N) is 1. The predicted octanol–water partition coefficient (Wildman–Crippen LogP) is 3.59. The number of carbonyl (C=O) groups is 1. The maximum Gasteiger partial charge on any atom is 0.285 e. The Labute approximate surface area is 131 Å². The molecular weight excluding hydrogens is 290 g/mol. The number of imidazole rings is 1. The molecule has 2 heterocycles. The van der Waals surface area contributed by atoms with E-state index in [0.717, 1.165) is 16.5 Å². The number of amides is 1. The van der Waals surface area contributed by atoms with Gasteiger partial charge in [-0.05, 0) is 11.6 Å². The topological polar surface area (TPSA) is 84.9 Å². The molecule has 0 aliphatic rings. The van der Waals surface area contributed by atoms with Gasteiger partial charge in [-0.15, -0.1) is 0 Å². The van der Waals surface area contributed by atoms with E-state index in [9.17, 15) is 4.79 Å². The van der Waals surface area contributed by atoms with Crippen molar-refractivity contribution in [3.05, 3.63) is 66.7 Å². The lowest BCUT2D eigenvalue weighted by Crippen LogP contribution is -2.10. The molecule has 112 valence electrons. The lowest BCUT2D eigenvalue weighted by Gasteiger charge is -2.04. The van der Waals surface area contributed by atoms with Gasteiger partial charge in [-0.2, -0.15) is 0 Å². The Hall–Kier alpha value is -3.34. The van der Waals surface area contributed by atoms with Crippen LogP contribution in [0.4, 0.5) is 0 Å². The summed E-state index contributed by atoms with van der Waals surface area (Å²) in [5.41, 5.74) is 8.56. The van der Waals surface area contributed by atoms with Gasteiger partial charge in [0.15, 0.2) is 5.76 Å². The molecule has 2 aromatic heterocycles. The Balaban J connectivity index is 2.13. The van der Waals surface area contributed by atoms with Crippen LogP contribution in [0.3, 0.4) is 0 Å². The van der Waals surface area contributed by atoms with E-state index in [1.54, 1.807) is 12.4 Å². The lowest BCUT2D eigenvalue weighted by atomic mass is 9.98. The number of H-pyrrole nitrogens is 1. The van der Waals surface area contributed by atoms with Gasteiger partial charge in [0.2, 0.25) is 0 Å². The van der Waals surface area contributed by atoms with Crippen LogP contribution in [0.1, 0.15) is 10.6 Å². The minimum atomic E-state index is -0.592. The first-order chi connectivity index (χ1) is 11.3. The maximum atomic E-state index is 11.9. The smallest absolute Gasteiger partial charge is 0.285 e. The summed E-state index contributed by atoms with van der Waals surface area (Å²) in [6.45, 7) is 0. The predicted molar refractivity (Wildman–Crippen MR) is 87.7 cm³/mol. The van der Waals surface area contributed by atoms with Gasteiger partial charge in [-0.3, -0.25) is 4.79 Å². The summed E-state index contributed by atoms with van der Waals surface area (Å²) < 4.78 is 5.74. The van der Waals surface area contributed by atoms with Gasteiger partial charge in [0.1, 0.15) is 11.4 Å². The molecule has 0 unspecified atom stereocenters. The average Bonchev–Trinajstić information content (AvgIpc) is 3.23. The number of rotatable bonds is 3. The largest absolute Gasteiger partial charge is 0.450 e. The fraction of sp³-hybridized carbons (Fsp3) is 0. The summed E-state index contributed by atoms with van der Waals surface area (Å²) in [7, 11) is 0. The van der Waals surface area contributed by atoms with E-state index >= 15 is 0 Å². The van der Waals surface area contributed by atoms with Crippen LogP contribution in [0.15, 0.2) is 65.3 Å². The highest BCUT2D eigenvalue weighted by Crippen LogP contribution is 2.39. The van der Waals surface area contributed by atoms with Crippen molar-refractivity contribution in [2.45, 2.75) is 0 Å². The molecule has 4 rings (SSSR count). The van der Waals surface area contributed by atoms with Crippen molar-refractivity contribution >= 4 is 16.9 Å². The first kappa shape index (κ1) is 13.3. The Bertz CT molecular complexity index is 986. The number of aromatic amines is 1. The molecule has 4 aromatic rings. The molecule has 0 spiro atoms. The molecule has 2 aromatic carbocycles. The minimum Gasteiger partial charge on any atom is -0.450 e. The van der Waals surface area contributed by atoms with Crippen molar-refractivity contribution < 1.29 is 9.21 Å². The van der Waals surface area contributed by atoms with Gasteiger partial charge in [0, 0.05) is 28.9 Å². The highest BCUT2D eigenvalue weighted by Gasteiger charge is 2.23. The summed E-state index contributed by atoms with van der Waals surface area (Å²) in [4.78, 5) is 19.3. The van der Waals surface area contributed by atoms with Crippen LogP contribution in [-0.4, -0.2) is 15.9 Å². The third-order valence-corrected chi connectivity index (χ3v) is 3.75. The van der Waals surface area contributed by atoms with E-state index in [-0.39, 0.29) is 5.76 Å². The molecule has 5 nitrogen and oxygen atoms in total. The molecule has 0 bridgehead atoms. The molecule has 3 N–H and O–H groups in total. The fourth-order valence-corrected chi connectivity index (χ4v) is 2.81. The first-order valence-electron chi connectivity index (χ1n) is 7.16. The highest BCUT2D eigenvalue weighted by molar-refractivity contribution is 6.11. The third-order valence-electron chi connectivity index (χ3n) is 3.75. The van der Waals surface area contributed by atoms with Crippen LogP contribution in [0.25, 0.3) is 33.5 Å². The normalized spacial score (nSPS) is 11.0.